The number of benzene rings is 2. The Morgan fingerprint density at radius 1 is 1.00 bits per heavy atom. The van der Waals surface area contributed by atoms with Crippen LogP contribution >= 0.6 is 0 Å². The molecule has 0 aromatic heterocycles. The Kier molecular flexibility index (Phi) is 12.5. The van der Waals surface area contributed by atoms with E-state index in [1.807, 2.05) is 51.1 Å². The van der Waals surface area contributed by atoms with Gasteiger partial charge in [0.2, 0.25) is 11.8 Å². The van der Waals surface area contributed by atoms with Crippen molar-refractivity contribution in [2.75, 3.05) is 7.05 Å². The summed E-state index contributed by atoms with van der Waals surface area (Å²) in [6.45, 7) is 12.4. The minimum atomic E-state index is -1.69. The molecule has 9 heteroatoms. The zero-order valence-corrected chi connectivity index (χ0v) is 24.9. The quantitative estimate of drug-likeness (QED) is 0.164. The molecule has 6 atom stereocenters. The molecule has 0 bridgehead atoms. The van der Waals surface area contributed by atoms with Crippen molar-refractivity contribution >= 4 is 17.8 Å². The number of hydrogen-bond acceptors (Lipinski definition) is 7. The van der Waals surface area contributed by atoms with Crippen molar-refractivity contribution in [1.82, 2.24) is 16.0 Å². The summed E-state index contributed by atoms with van der Waals surface area (Å²) in [4.78, 5) is 40.4. The minimum absolute atomic E-state index is 0.00162. The standard InChI is InChI=1S/C32H45N3O6/c1-8-20(3)26(33-7)30(38)34-25(19-22-15-17-24(36)18-16-22)29(37)35-28(32(5,6)40)31(39)41-27(21(4)9-2)23-13-11-10-12-14-23/h9-18,20-21,25-28,33,36,40H,2,8,19H2,1,3-7H3,(H,34,38)(H,35,37)/t20-,21+,25+,26-,27-,28?/m0/s1. The van der Waals surface area contributed by atoms with Crippen LogP contribution in [-0.4, -0.2) is 58.8 Å². The first kappa shape index (κ1) is 33.5. The lowest BCUT2D eigenvalue weighted by Crippen LogP contribution is -2.60. The first-order chi connectivity index (χ1) is 19.3. The molecule has 0 saturated heterocycles. The van der Waals surface area contributed by atoms with Gasteiger partial charge in [-0.15, -0.1) is 6.58 Å². The third-order valence-corrected chi connectivity index (χ3v) is 7.26. The van der Waals surface area contributed by atoms with Crippen LogP contribution in [-0.2, 0) is 25.5 Å². The van der Waals surface area contributed by atoms with Gasteiger partial charge in [-0.25, -0.2) is 4.79 Å². The van der Waals surface area contributed by atoms with Crippen LogP contribution in [0.4, 0.5) is 0 Å². The van der Waals surface area contributed by atoms with E-state index in [2.05, 4.69) is 22.5 Å². The summed E-state index contributed by atoms with van der Waals surface area (Å²) in [5.74, 6) is -2.04. The highest BCUT2D eigenvalue weighted by Crippen LogP contribution is 2.28. The largest absolute Gasteiger partial charge is 0.508 e. The molecule has 41 heavy (non-hydrogen) atoms. The molecule has 0 saturated carbocycles. The lowest BCUT2D eigenvalue weighted by Gasteiger charge is -2.33. The van der Waals surface area contributed by atoms with Crippen molar-refractivity contribution in [2.24, 2.45) is 11.8 Å². The normalized spacial score (nSPS) is 15.9. The van der Waals surface area contributed by atoms with Gasteiger partial charge in [0.25, 0.3) is 0 Å². The second kappa shape index (κ2) is 15.3. The maximum atomic E-state index is 13.7. The third-order valence-electron chi connectivity index (χ3n) is 7.26. The Labute approximate surface area is 243 Å². The lowest BCUT2D eigenvalue weighted by atomic mass is 9.95. The first-order valence-electron chi connectivity index (χ1n) is 14.0. The van der Waals surface area contributed by atoms with Crippen LogP contribution in [0.2, 0.25) is 0 Å². The second-order valence-corrected chi connectivity index (χ2v) is 11.0. The molecule has 0 aliphatic rings. The third kappa shape index (κ3) is 9.72. The van der Waals surface area contributed by atoms with Crippen molar-refractivity contribution in [3.63, 3.8) is 0 Å². The van der Waals surface area contributed by atoms with Crippen molar-refractivity contribution in [1.29, 1.82) is 0 Å². The molecule has 0 aliphatic carbocycles. The van der Waals surface area contributed by atoms with E-state index in [4.69, 9.17) is 4.74 Å². The first-order valence-corrected chi connectivity index (χ1v) is 14.0. The molecule has 2 rings (SSSR count). The van der Waals surface area contributed by atoms with Crippen LogP contribution < -0.4 is 16.0 Å². The van der Waals surface area contributed by atoms with Crippen LogP contribution in [0.25, 0.3) is 0 Å². The summed E-state index contributed by atoms with van der Waals surface area (Å²) in [5.41, 5.74) is -0.267. The van der Waals surface area contributed by atoms with Gasteiger partial charge in [-0.05, 0) is 50.1 Å². The second-order valence-electron chi connectivity index (χ2n) is 11.0. The maximum absolute atomic E-state index is 13.7. The number of carbonyl (C=O) groups is 3. The monoisotopic (exact) mass is 567 g/mol. The number of carbonyl (C=O) groups excluding carboxylic acids is 3. The fourth-order valence-electron chi connectivity index (χ4n) is 4.45. The molecule has 2 aromatic carbocycles. The van der Waals surface area contributed by atoms with Crippen LogP contribution in [0, 0.1) is 11.8 Å². The number of aliphatic hydroxyl groups is 1. The minimum Gasteiger partial charge on any atom is -0.508 e. The molecule has 2 aromatic rings. The zero-order valence-electron chi connectivity index (χ0n) is 24.9. The summed E-state index contributed by atoms with van der Waals surface area (Å²) in [6, 6.07) is 12.4. The lowest BCUT2D eigenvalue weighted by molar-refractivity contribution is -0.162. The number of phenols is 1. The highest BCUT2D eigenvalue weighted by Gasteiger charge is 2.40. The number of ether oxygens (including phenoxy) is 1. The number of likely N-dealkylation sites (N-methyl/N-ethyl adjacent to an activating group) is 1. The van der Waals surface area contributed by atoms with Gasteiger partial charge < -0.3 is 30.9 Å². The van der Waals surface area contributed by atoms with E-state index in [0.717, 1.165) is 12.0 Å². The number of phenolic OH excluding ortho intramolecular Hbond substituents is 1. The van der Waals surface area contributed by atoms with E-state index in [-0.39, 0.29) is 29.9 Å². The fraction of sp³-hybridized carbons (Fsp3) is 0.469. The molecule has 2 amide bonds. The van der Waals surface area contributed by atoms with Crippen molar-refractivity contribution < 1.29 is 29.3 Å². The van der Waals surface area contributed by atoms with E-state index < -0.39 is 41.7 Å². The zero-order chi connectivity index (χ0) is 30.7. The summed E-state index contributed by atoms with van der Waals surface area (Å²) < 4.78 is 5.86. The summed E-state index contributed by atoms with van der Waals surface area (Å²) in [7, 11) is 1.68. The van der Waals surface area contributed by atoms with E-state index in [0.29, 0.717) is 5.56 Å². The van der Waals surface area contributed by atoms with E-state index >= 15 is 0 Å². The molecular formula is C32H45N3O6. The van der Waals surface area contributed by atoms with Crippen LogP contribution in [0.1, 0.15) is 58.3 Å². The summed E-state index contributed by atoms with van der Waals surface area (Å²) in [5, 5.41) is 29.1. The molecule has 0 aliphatic heterocycles. The molecule has 0 spiro atoms. The van der Waals surface area contributed by atoms with Gasteiger partial charge in [0.1, 0.15) is 17.9 Å². The SMILES string of the molecule is C=C[C@@H](C)[C@H](OC(=O)C(NC(=O)[C@@H](Cc1ccc(O)cc1)NC(=O)[C@@H](NC)[C@@H](C)CC)C(C)(C)O)c1ccccc1. The predicted molar refractivity (Wildman–Crippen MR) is 159 cm³/mol. The molecule has 5 N–H and O–H groups in total. The van der Waals surface area contributed by atoms with E-state index in [9.17, 15) is 24.6 Å². The Hall–Kier alpha value is -3.69. The van der Waals surface area contributed by atoms with Gasteiger partial charge >= 0.3 is 5.97 Å². The van der Waals surface area contributed by atoms with Gasteiger partial charge in [-0.1, -0.05) is 75.7 Å². The van der Waals surface area contributed by atoms with Gasteiger partial charge in [-0.2, -0.15) is 0 Å². The number of rotatable bonds is 15. The van der Waals surface area contributed by atoms with Crippen molar-refractivity contribution in [3.8, 4) is 5.75 Å². The van der Waals surface area contributed by atoms with Crippen molar-refractivity contribution in [3.05, 3.63) is 78.4 Å². The van der Waals surface area contributed by atoms with E-state index in [1.165, 1.54) is 26.0 Å². The highest BCUT2D eigenvalue weighted by atomic mass is 16.5. The molecular weight excluding hydrogens is 522 g/mol. The summed E-state index contributed by atoms with van der Waals surface area (Å²) in [6.07, 6.45) is 1.80. The molecule has 0 heterocycles. The van der Waals surface area contributed by atoms with Crippen LogP contribution in [0.15, 0.2) is 67.3 Å². The molecule has 0 radical (unpaired) electrons. The Morgan fingerprint density at radius 3 is 2.12 bits per heavy atom. The average Bonchev–Trinajstić information content (AvgIpc) is 2.94. The Morgan fingerprint density at radius 2 is 1.61 bits per heavy atom. The highest BCUT2D eigenvalue weighted by molar-refractivity contribution is 5.92. The number of nitrogens with one attached hydrogen (secondary N) is 3. The van der Waals surface area contributed by atoms with Gasteiger partial charge in [0.15, 0.2) is 6.04 Å². The average molecular weight is 568 g/mol. The maximum Gasteiger partial charge on any atom is 0.332 e. The number of aromatic hydroxyl groups is 1. The van der Waals surface area contributed by atoms with Gasteiger partial charge in [0.05, 0.1) is 11.6 Å². The van der Waals surface area contributed by atoms with Crippen LogP contribution in [0.3, 0.4) is 0 Å². The van der Waals surface area contributed by atoms with Gasteiger partial charge in [-0.3, -0.25) is 9.59 Å². The topological polar surface area (TPSA) is 137 Å². The number of amides is 2. The Bertz CT molecular complexity index is 1150. The van der Waals surface area contributed by atoms with Crippen LogP contribution in [0.5, 0.6) is 5.75 Å². The molecule has 224 valence electrons. The van der Waals surface area contributed by atoms with E-state index in [1.54, 1.807) is 25.3 Å². The number of esters is 1. The summed E-state index contributed by atoms with van der Waals surface area (Å²) >= 11 is 0. The molecule has 1 unspecified atom stereocenters. The molecule has 0 fully saturated rings. The Balaban J connectivity index is 2.36. The van der Waals surface area contributed by atoms with Crippen molar-refractivity contribution in [2.45, 2.75) is 77.3 Å². The smallest absolute Gasteiger partial charge is 0.332 e. The molecule has 9 nitrogen and oxygen atoms in total. The number of hydrogen-bond donors (Lipinski definition) is 5. The fourth-order valence-corrected chi connectivity index (χ4v) is 4.45. The predicted octanol–water partition coefficient (Wildman–Crippen LogP) is 3.42. The van der Waals surface area contributed by atoms with Gasteiger partial charge in [0, 0.05) is 12.3 Å².